The third-order valence-electron chi connectivity index (χ3n) is 1.70. The lowest BCUT2D eigenvalue weighted by Gasteiger charge is -2.24. The molecule has 0 radical (unpaired) electrons. The van der Waals surface area contributed by atoms with Crippen LogP contribution in [-0.2, 0) is 4.74 Å². The molecule has 0 atom stereocenters. The van der Waals surface area contributed by atoms with Crippen LogP contribution in [-0.4, -0.2) is 18.1 Å². The molecule has 0 spiro atoms. The molecular formula is C8H14OS. The van der Waals surface area contributed by atoms with Gasteiger partial charge in [-0.3, -0.25) is 0 Å². The summed E-state index contributed by atoms with van der Waals surface area (Å²) in [5, 5.41) is 0. The van der Waals surface area contributed by atoms with E-state index in [1.54, 1.807) is 0 Å². The Morgan fingerprint density at radius 2 is 2.40 bits per heavy atom. The van der Waals surface area contributed by atoms with Crippen molar-refractivity contribution in [2.45, 2.75) is 12.8 Å². The second-order valence-electron chi connectivity index (χ2n) is 2.58. The van der Waals surface area contributed by atoms with Gasteiger partial charge in [0.15, 0.2) is 0 Å². The van der Waals surface area contributed by atoms with Gasteiger partial charge in [0.1, 0.15) is 0 Å². The topological polar surface area (TPSA) is 9.23 Å². The SMILES string of the molecule is C=COCCCC1CSC1. The lowest BCUT2D eigenvalue weighted by Crippen LogP contribution is -2.17. The van der Waals surface area contributed by atoms with Gasteiger partial charge in [-0.15, -0.1) is 0 Å². The molecule has 1 fully saturated rings. The van der Waals surface area contributed by atoms with Crippen LogP contribution in [0.15, 0.2) is 12.8 Å². The average molecular weight is 158 g/mol. The largest absolute Gasteiger partial charge is 0.502 e. The maximum absolute atomic E-state index is 5.01. The Balaban J connectivity index is 1.80. The summed E-state index contributed by atoms with van der Waals surface area (Å²) in [7, 11) is 0. The molecule has 0 amide bonds. The summed E-state index contributed by atoms with van der Waals surface area (Å²) in [5.74, 6) is 3.72. The predicted molar refractivity (Wildman–Crippen MR) is 46.2 cm³/mol. The molecule has 58 valence electrons. The Kier molecular flexibility index (Phi) is 3.73. The van der Waals surface area contributed by atoms with E-state index >= 15 is 0 Å². The van der Waals surface area contributed by atoms with E-state index in [-0.39, 0.29) is 0 Å². The Labute approximate surface area is 66.8 Å². The summed E-state index contributed by atoms with van der Waals surface area (Å²) in [6.07, 6.45) is 4.05. The summed E-state index contributed by atoms with van der Waals surface area (Å²) in [4.78, 5) is 0. The van der Waals surface area contributed by atoms with Gasteiger partial charge >= 0.3 is 0 Å². The van der Waals surface area contributed by atoms with Gasteiger partial charge in [-0.1, -0.05) is 6.58 Å². The van der Waals surface area contributed by atoms with Crippen molar-refractivity contribution in [3.05, 3.63) is 12.8 Å². The first-order valence-corrected chi connectivity index (χ1v) is 4.89. The molecule has 0 unspecified atom stereocenters. The lowest BCUT2D eigenvalue weighted by molar-refractivity contribution is 0.237. The van der Waals surface area contributed by atoms with E-state index in [1.807, 2.05) is 11.8 Å². The quantitative estimate of drug-likeness (QED) is 0.448. The first kappa shape index (κ1) is 7.99. The van der Waals surface area contributed by atoms with E-state index in [9.17, 15) is 0 Å². The fourth-order valence-corrected chi connectivity index (χ4v) is 1.89. The number of rotatable bonds is 5. The number of hydrogen-bond acceptors (Lipinski definition) is 2. The van der Waals surface area contributed by atoms with Crippen LogP contribution in [0.1, 0.15) is 12.8 Å². The van der Waals surface area contributed by atoms with Crippen molar-refractivity contribution in [1.82, 2.24) is 0 Å². The molecule has 1 rings (SSSR count). The van der Waals surface area contributed by atoms with Crippen LogP contribution in [0.4, 0.5) is 0 Å². The summed E-state index contributed by atoms with van der Waals surface area (Å²) < 4.78 is 5.01. The third-order valence-corrected chi connectivity index (χ3v) is 3.11. The van der Waals surface area contributed by atoms with Crippen molar-refractivity contribution >= 4 is 11.8 Å². The van der Waals surface area contributed by atoms with Crippen LogP contribution in [0, 0.1) is 5.92 Å². The van der Waals surface area contributed by atoms with E-state index < -0.39 is 0 Å². The van der Waals surface area contributed by atoms with E-state index in [1.165, 1.54) is 30.6 Å². The van der Waals surface area contributed by atoms with Crippen LogP contribution in [0.25, 0.3) is 0 Å². The van der Waals surface area contributed by atoms with E-state index in [0.29, 0.717) is 0 Å². The van der Waals surface area contributed by atoms with Crippen molar-refractivity contribution in [2.75, 3.05) is 18.1 Å². The van der Waals surface area contributed by atoms with Crippen LogP contribution >= 0.6 is 11.8 Å². The maximum atomic E-state index is 5.01. The maximum Gasteiger partial charge on any atom is 0.0873 e. The highest BCUT2D eigenvalue weighted by Crippen LogP contribution is 2.28. The van der Waals surface area contributed by atoms with E-state index in [0.717, 1.165) is 12.5 Å². The highest BCUT2D eigenvalue weighted by molar-refractivity contribution is 8.00. The molecule has 10 heavy (non-hydrogen) atoms. The zero-order chi connectivity index (χ0) is 7.23. The van der Waals surface area contributed by atoms with Gasteiger partial charge in [-0.25, -0.2) is 0 Å². The van der Waals surface area contributed by atoms with E-state index in [4.69, 9.17) is 4.74 Å². The zero-order valence-electron chi connectivity index (χ0n) is 6.21. The average Bonchev–Trinajstić information content (AvgIpc) is 1.84. The summed E-state index contributed by atoms with van der Waals surface area (Å²) >= 11 is 2.05. The smallest absolute Gasteiger partial charge is 0.0873 e. The number of thioether (sulfide) groups is 1. The summed E-state index contributed by atoms with van der Waals surface area (Å²) in [5.41, 5.74) is 0. The van der Waals surface area contributed by atoms with Crippen LogP contribution < -0.4 is 0 Å². The molecule has 0 bridgehead atoms. The van der Waals surface area contributed by atoms with Crippen molar-refractivity contribution in [1.29, 1.82) is 0 Å². The molecule has 0 saturated carbocycles. The Hall–Kier alpha value is -0.110. The molecule has 2 heteroatoms. The third kappa shape index (κ3) is 2.65. The van der Waals surface area contributed by atoms with Crippen molar-refractivity contribution in [2.24, 2.45) is 5.92 Å². The molecule has 0 N–H and O–H groups in total. The predicted octanol–water partition coefficient (Wildman–Crippen LogP) is 2.29. The second-order valence-corrected chi connectivity index (χ2v) is 3.66. The Morgan fingerprint density at radius 3 is 2.90 bits per heavy atom. The number of ether oxygens (including phenoxy) is 1. The van der Waals surface area contributed by atoms with Crippen LogP contribution in [0.5, 0.6) is 0 Å². The summed E-state index contributed by atoms with van der Waals surface area (Å²) in [6.45, 7) is 4.34. The zero-order valence-corrected chi connectivity index (χ0v) is 7.03. The Bertz CT molecular complexity index is 99.4. The molecule has 1 nitrogen and oxygen atoms in total. The fourth-order valence-electron chi connectivity index (χ4n) is 0.990. The first-order valence-electron chi connectivity index (χ1n) is 3.73. The normalized spacial score (nSPS) is 18.0. The lowest BCUT2D eigenvalue weighted by atomic mass is 10.1. The minimum Gasteiger partial charge on any atom is -0.502 e. The second kappa shape index (κ2) is 4.67. The van der Waals surface area contributed by atoms with Crippen LogP contribution in [0.3, 0.4) is 0 Å². The number of hydrogen-bond donors (Lipinski definition) is 0. The minimum absolute atomic E-state index is 0.852. The van der Waals surface area contributed by atoms with Gasteiger partial charge in [0.05, 0.1) is 12.9 Å². The van der Waals surface area contributed by atoms with Gasteiger partial charge in [-0.05, 0) is 30.3 Å². The molecule has 0 aliphatic carbocycles. The first-order chi connectivity index (χ1) is 4.93. The minimum atomic E-state index is 0.852. The van der Waals surface area contributed by atoms with E-state index in [2.05, 4.69) is 6.58 Å². The van der Waals surface area contributed by atoms with Gasteiger partial charge in [0.2, 0.25) is 0 Å². The van der Waals surface area contributed by atoms with Gasteiger partial charge < -0.3 is 4.74 Å². The Morgan fingerprint density at radius 1 is 1.60 bits per heavy atom. The monoisotopic (exact) mass is 158 g/mol. The van der Waals surface area contributed by atoms with Gasteiger partial charge in [0.25, 0.3) is 0 Å². The molecular weight excluding hydrogens is 144 g/mol. The molecule has 1 heterocycles. The highest BCUT2D eigenvalue weighted by Gasteiger charge is 2.16. The molecule has 1 aliphatic rings. The molecule has 0 aromatic carbocycles. The van der Waals surface area contributed by atoms with Crippen molar-refractivity contribution < 1.29 is 4.74 Å². The standard InChI is InChI=1S/C8H14OS/c1-2-9-5-3-4-8-6-10-7-8/h2,8H,1,3-7H2. The van der Waals surface area contributed by atoms with Crippen LogP contribution in [0.2, 0.25) is 0 Å². The fraction of sp³-hybridized carbons (Fsp3) is 0.750. The molecule has 0 aromatic heterocycles. The van der Waals surface area contributed by atoms with Crippen molar-refractivity contribution in [3.63, 3.8) is 0 Å². The van der Waals surface area contributed by atoms with Crippen molar-refractivity contribution in [3.8, 4) is 0 Å². The van der Waals surface area contributed by atoms with Gasteiger partial charge in [-0.2, -0.15) is 11.8 Å². The highest BCUT2D eigenvalue weighted by atomic mass is 32.2. The summed E-state index contributed by atoms with van der Waals surface area (Å²) in [6, 6.07) is 0. The molecule has 0 aromatic rings. The van der Waals surface area contributed by atoms with Gasteiger partial charge in [0, 0.05) is 0 Å². The molecule has 1 saturated heterocycles. The molecule has 1 aliphatic heterocycles.